The standard InChI is InChI=1S/C21H24FNO4/c1-26-19-9-5-16(6-10-19)11-13-23(14-12-21(25)27-2)20(24)15-17-3-7-18(22)8-4-17/h3-10H,11-15H2,1-2H3. The molecule has 2 aromatic carbocycles. The lowest BCUT2D eigenvalue weighted by atomic mass is 10.1. The molecule has 144 valence electrons. The van der Waals surface area contributed by atoms with Crippen LogP contribution in [0.1, 0.15) is 17.5 Å². The maximum absolute atomic E-state index is 13.0. The number of methoxy groups -OCH3 is 2. The highest BCUT2D eigenvalue weighted by molar-refractivity contribution is 5.79. The van der Waals surface area contributed by atoms with Crippen molar-refractivity contribution < 1.29 is 23.5 Å². The van der Waals surface area contributed by atoms with Crippen LogP contribution in [0.15, 0.2) is 48.5 Å². The minimum absolute atomic E-state index is 0.112. The third-order valence-corrected chi connectivity index (χ3v) is 4.26. The Bertz CT molecular complexity index is 744. The summed E-state index contributed by atoms with van der Waals surface area (Å²) in [5.41, 5.74) is 1.79. The molecule has 5 nitrogen and oxygen atoms in total. The van der Waals surface area contributed by atoms with Gasteiger partial charge >= 0.3 is 5.97 Å². The number of carbonyl (C=O) groups excluding carboxylic acids is 2. The Morgan fingerprint density at radius 2 is 1.56 bits per heavy atom. The normalized spacial score (nSPS) is 10.3. The predicted octanol–water partition coefficient (Wildman–Crippen LogP) is 3.01. The maximum Gasteiger partial charge on any atom is 0.307 e. The van der Waals surface area contributed by atoms with E-state index in [0.717, 1.165) is 16.9 Å². The zero-order valence-electron chi connectivity index (χ0n) is 15.6. The summed E-state index contributed by atoms with van der Waals surface area (Å²) in [6.07, 6.45) is 0.943. The summed E-state index contributed by atoms with van der Waals surface area (Å²) in [5, 5.41) is 0. The van der Waals surface area contributed by atoms with Gasteiger partial charge in [0.1, 0.15) is 11.6 Å². The number of nitrogens with zero attached hydrogens (tertiary/aromatic N) is 1. The van der Waals surface area contributed by atoms with Gasteiger partial charge in [0.25, 0.3) is 0 Å². The van der Waals surface area contributed by atoms with E-state index < -0.39 is 0 Å². The van der Waals surface area contributed by atoms with Gasteiger partial charge < -0.3 is 14.4 Å². The number of hydrogen-bond donors (Lipinski definition) is 0. The Morgan fingerprint density at radius 1 is 0.926 bits per heavy atom. The molecule has 0 bridgehead atoms. The molecule has 0 radical (unpaired) electrons. The summed E-state index contributed by atoms with van der Waals surface area (Å²) in [4.78, 5) is 25.8. The average Bonchev–Trinajstić information content (AvgIpc) is 2.69. The monoisotopic (exact) mass is 373 g/mol. The van der Waals surface area contributed by atoms with E-state index in [-0.39, 0.29) is 37.1 Å². The number of ether oxygens (including phenoxy) is 2. The van der Waals surface area contributed by atoms with Gasteiger partial charge in [-0.3, -0.25) is 9.59 Å². The Balaban J connectivity index is 2.00. The van der Waals surface area contributed by atoms with Crippen LogP contribution in [0.2, 0.25) is 0 Å². The molecular weight excluding hydrogens is 349 g/mol. The van der Waals surface area contributed by atoms with Crippen molar-refractivity contribution in [3.63, 3.8) is 0 Å². The molecule has 0 unspecified atom stereocenters. The Kier molecular flexibility index (Phi) is 7.79. The number of rotatable bonds is 9. The smallest absolute Gasteiger partial charge is 0.307 e. The molecule has 6 heteroatoms. The lowest BCUT2D eigenvalue weighted by Crippen LogP contribution is -2.36. The van der Waals surface area contributed by atoms with Gasteiger partial charge in [0.2, 0.25) is 5.91 Å². The summed E-state index contributed by atoms with van der Waals surface area (Å²) < 4.78 is 22.8. The first-order valence-corrected chi connectivity index (χ1v) is 8.73. The largest absolute Gasteiger partial charge is 0.497 e. The first-order valence-electron chi connectivity index (χ1n) is 8.73. The SMILES string of the molecule is COC(=O)CCN(CCc1ccc(OC)cc1)C(=O)Cc1ccc(F)cc1. The molecule has 0 aliphatic heterocycles. The van der Waals surface area contributed by atoms with E-state index in [4.69, 9.17) is 4.74 Å². The van der Waals surface area contributed by atoms with Crippen LogP contribution < -0.4 is 4.74 Å². The number of carbonyl (C=O) groups is 2. The molecule has 0 spiro atoms. The van der Waals surface area contributed by atoms with Gasteiger partial charge in [0.05, 0.1) is 27.1 Å². The predicted molar refractivity (Wildman–Crippen MR) is 100 cm³/mol. The summed E-state index contributed by atoms with van der Waals surface area (Å²) in [6, 6.07) is 13.5. The molecular formula is C21H24FNO4. The highest BCUT2D eigenvalue weighted by Gasteiger charge is 2.16. The minimum Gasteiger partial charge on any atom is -0.497 e. The van der Waals surface area contributed by atoms with E-state index >= 15 is 0 Å². The van der Waals surface area contributed by atoms with Crippen LogP contribution in [0.5, 0.6) is 5.75 Å². The third-order valence-electron chi connectivity index (χ3n) is 4.26. The molecule has 0 aromatic heterocycles. The fourth-order valence-corrected chi connectivity index (χ4v) is 2.63. The van der Waals surface area contributed by atoms with Gasteiger partial charge in [-0.25, -0.2) is 4.39 Å². The Hall–Kier alpha value is -2.89. The highest BCUT2D eigenvalue weighted by atomic mass is 19.1. The average molecular weight is 373 g/mol. The van der Waals surface area contributed by atoms with Crippen molar-refractivity contribution in [3.05, 3.63) is 65.5 Å². The molecule has 0 saturated heterocycles. The Labute approximate surface area is 158 Å². The molecule has 27 heavy (non-hydrogen) atoms. The highest BCUT2D eigenvalue weighted by Crippen LogP contribution is 2.13. The summed E-state index contributed by atoms with van der Waals surface area (Å²) in [5.74, 6) is -0.0417. The van der Waals surface area contributed by atoms with E-state index in [2.05, 4.69) is 4.74 Å². The van der Waals surface area contributed by atoms with Gasteiger partial charge in [-0.05, 0) is 41.8 Å². The molecule has 0 saturated carbocycles. The van der Waals surface area contributed by atoms with Crippen molar-refractivity contribution in [1.29, 1.82) is 0 Å². The summed E-state index contributed by atoms with van der Waals surface area (Å²) in [7, 11) is 2.93. The third kappa shape index (κ3) is 6.73. The first-order chi connectivity index (χ1) is 13.0. The topological polar surface area (TPSA) is 55.8 Å². The zero-order valence-corrected chi connectivity index (χ0v) is 15.6. The Morgan fingerprint density at radius 3 is 2.15 bits per heavy atom. The molecule has 0 aliphatic carbocycles. The fourth-order valence-electron chi connectivity index (χ4n) is 2.63. The second kappa shape index (κ2) is 10.3. The molecule has 1 amide bonds. The van der Waals surface area contributed by atoms with Crippen molar-refractivity contribution >= 4 is 11.9 Å². The van der Waals surface area contributed by atoms with Gasteiger partial charge in [-0.2, -0.15) is 0 Å². The van der Waals surface area contributed by atoms with Crippen molar-refractivity contribution in [3.8, 4) is 5.75 Å². The lowest BCUT2D eigenvalue weighted by Gasteiger charge is -2.22. The number of amides is 1. The summed E-state index contributed by atoms with van der Waals surface area (Å²) >= 11 is 0. The number of halogens is 1. The van der Waals surface area contributed by atoms with E-state index in [9.17, 15) is 14.0 Å². The first kappa shape index (κ1) is 20.4. The molecule has 0 heterocycles. The number of hydrogen-bond acceptors (Lipinski definition) is 4. The molecule has 2 aromatic rings. The molecule has 0 aliphatic rings. The minimum atomic E-state index is -0.362. The van der Waals surface area contributed by atoms with Crippen molar-refractivity contribution in [2.75, 3.05) is 27.3 Å². The van der Waals surface area contributed by atoms with Crippen molar-refractivity contribution in [1.82, 2.24) is 4.90 Å². The second-order valence-corrected chi connectivity index (χ2v) is 6.11. The van der Waals surface area contributed by atoms with E-state index in [1.54, 1.807) is 24.1 Å². The second-order valence-electron chi connectivity index (χ2n) is 6.11. The molecule has 0 fully saturated rings. The lowest BCUT2D eigenvalue weighted by molar-refractivity contribution is -0.141. The molecule has 2 rings (SSSR count). The van der Waals surface area contributed by atoms with Crippen molar-refractivity contribution in [2.45, 2.75) is 19.3 Å². The molecule has 0 N–H and O–H groups in total. The summed E-state index contributed by atoms with van der Waals surface area (Å²) in [6.45, 7) is 0.756. The van der Waals surface area contributed by atoms with Crippen LogP contribution in [0.3, 0.4) is 0 Å². The van der Waals surface area contributed by atoms with Crippen LogP contribution in [0.4, 0.5) is 4.39 Å². The van der Waals surface area contributed by atoms with E-state index in [1.165, 1.54) is 19.2 Å². The van der Waals surface area contributed by atoms with Gasteiger partial charge in [0.15, 0.2) is 0 Å². The van der Waals surface area contributed by atoms with Crippen LogP contribution in [0, 0.1) is 5.82 Å². The zero-order chi connectivity index (χ0) is 19.6. The van der Waals surface area contributed by atoms with Crippen LogP contribution >= 0.6 is 0 Å². The van der Waals surface area contributed by atoms with Gasteiger partial charge in [-0.15, -0.1) is 0 Å². The van der Waals surface area contributed by atoms with Crippen LogP contribution in [-0.4, -0.2) is 44.1 Å². The number of benzene rings is 2. The van der Waals surface area contributed by atoms with Crippen molar-refractivity contribution in [2.24, 2.45) is 0 Å². The quantitative estimate of drug-likeness (QED) is 0.634. The number of esters is 1. The van der Waals surface area contributed by atoms with E-state index in [1.807, 2.05) is 24.3 Å². The van der Waals surface area contributed by atoms with Crippen LogP contribution in [0.25, 0.3) is 0 Å². The van der Waals surface area contributed by atoms with E-state index in [0.29, 0.717) is 13.0 Å². The maximum atomic E-state index is 13.0. The van der Waals surface area contributed by atoms with Gasteiger partial charge in [0, 0.05) is 13.1 Å². The van der Waals surface area contributed by atoms with Gasteiger partial charge in [-0.1, -0.05) is 24.3 Å². The fraction of sp³-hybridized carbons (Fsp3) is 0.333. The van der Waals surface area contributed by atoms with Crippen LogP contribution in [-0.2, 0) is 27.2 Å². The molecule has 0 atom stereocenters.